The number of pyridine rings is 1. The molecule has 2 fully saturated rings. The summed E-state index contributed by atoms with van der Waals surface area (Å²) >= 11 is 0. The lowest BCUT2D eigenvalue weighted by Gasteiger charge is -2.18. The van der Waals surface area contributed by atoms with Gasteiger partial charge in [-0.2, -0.15) is 0 Å². The molecule has 0 aromatic carbocycles. The van der Waals surface area contributed by atoms with Gasteiger partial charge in [0.25, 0.3) is 0 Å². The van der Waals surface area contributed by atoms with Crippen molar-refractivity contribution in [1.29, 1.82) is 0 Å². The molecular formula is C15H24IN5. The molecule has 116 valence electrons. The molecule has 2 heterocycles. The van der Waals surface area contributed by atoms with Crippen molar-refractivity contribution in [1.82, 2.24) is 20.5 Å². The molecule has 5 nitrogen and oxygen atoms in total. The van der Waals surface area contributed by atoms with Crippen molar-refractivity contribution in [3.8, 4) is 0 Å². The maximum atomic E-state index is 4.31. The summed E-state index contributed by atoms with van der Waals surface area (Å²) in [5, 5.41) is 6.85. The van der Waals surface area contributed by atoms with Gasteiger partial charge in [-0.05, 0) is 31.4 Å². The first-order chi connectivity index (χ1) is 9.85. The molecular weight excluding hydrogens is 377 g/mol. The fraction of sp³-hybridized carbons (Fsp3) is 0.600. The van der Waals surface area contributed by atoms with E-state index in [1.807, 2.05) is 31.4 Å². The predicted octanol–water partition coefficient (Wildman–Crippen LogP) is 1.60. The van der Waals surface area contributed by atoms with Crippen LogP contribution < -0.4 is 10.6 Å². The van der Waals surface area contributed by atoms with Crippen LogP contribution >= 0.6 is 24.0 Å². The zero-order chi connectivity index (χ0) is 13.8. The maximum absolute atomic E-state index is 4.31. The zero-order valence-electron chi connectivity index (χ0n) is 12.5. The zero-order valence-corrected chi connectivity index (χ0v) is 14.8. The molecule has 1 unspecified atom stereocenters. The monoisotopic (exact) mass is 401 g/mol. The van der Waals surface area contributed by atoms with Gasteiger partial charge in [0.15, 0.2) is 5.96 Å². The van der Waals surface area contributed by atoms with Crippen LogP contribution in [0.3, 0.4) is 0 Å². The number of rotatable bonds is 4. The van der Waals surface area contributed by atoms with E-state index < -0.39 is 0 Å². The van der Waals surface area contributed by atoms with Gasteiger partial charge in [0, 0.05) is 38.4 Å². The molecule has 1 aliphatic heterocycles. The molecule has 1 saturated carbocycles. The quantitative estimate of drug-likeness (QED) is 0.457. The highest BCUT2D eigenvalue weighted by atomic mass is 127. The summed E-state index contributed by atoms with van der Waals surface area (Å²) in [6.07, 6.45) is 5.80. The van der Waals surface area contributed by atoms with Gasteiger partial charge in [-0.3, -0.25) is 14.9 Å². The average molecular weight is 401 g/mol. The van der Waals surface area contributed by atoms with Gasteiger partial charge in [0.05, 0.1) is 12.2 Å². The van der Waals surface area contributed by atoms with E-state index in [2.05, 4.69) is 25.5 Å². The van der Waals surface area contributed by atoms with E-state index in [4.69, 9.17) is 0 Å². The van der Waals surface area contributed by atoms with E-state index in [0.717, 1.165) is 24.2 Å². The number of nitrogens with zero attached hydrogens (tertiary/aromatic N) is 3. The lowest BCUT2D eigenvalue weighted by Crippen LogP contribution is -2.44. The van der Waals surface area contributed by atoms with E-state index in [0.29, 0.717) is 12.6 Å². The molecule has 0 amide bonds. The molecule has 1 aromatic rings. The Balaban J connectivity index is 0.00000161. The highest BCUT2D eigenvalue weighted by Gasteiger charge is 2.34. The summed E-state index contributed by atoms with van der Waals surface area (Å²) < 4.78 is 0. The van der Waals surface area contributed by atoms with E-state index >= 15 is 0 Å². The summed E-state index contributed by atoms with van der Waals surface area (Å²) in [6, 6.07) is 7.34. The van der Waals surface area contributed by atoms with Crippen molar-refractivity contribution >= 4 is 29.9 Å². The first kappa shape index (κ1) is 16.5. The lowest BCUT2D eigenvalue weighted by molar-refractivity contribution is 0.321. The molecule has 3 rings (SSSR count). The minimum absolute atomic E-state index is 0. The van der Waals surface area contributed by atoms with E-state index in [-0.39, 0.29) is 24.0 Å². The summed E-state index contributed by atoms with van der Waals surface area (Å²) in [5.41, 5.74) is 1.03. The standard InChI is InChI=1S/C15H23N5.HI/c1-16-15(18-10-12-4-2-3-8-17-12)19-13-7-9-20(11-13)14-5-6-14;/h2-4,8,13-14H,5-7,9-11H2,1H3,(H2,16,18,19);1H. The van der Waals surface area contributed by atoms with Crippen LogP contribution in [-0.4, -0.2) is 48.1 Å². The molecule has 2 N–H and O–H groups in total. The minimum atomic E-state index is 0. The highest BCUT2D eigenvalue weighted by Crippen LogP contribution is 2.29. The van der Waals surface area contributed by atoms with Crippen LogP contribution in [0, 0.1) is 0 Å². The third-order valence-corrected chi connectivity index (χ3v) is 4.01. The smallest absolute Gasteiger partial charge is 0.191 e. The third-order valence-electron chi connectivity index (χ3n) is 4.01. The Morgan fingerprint density at radius 2 is 2.24 bits per heavy atom. The van der Waals surface area contributed by atoms with Crippen molar-refractivity contribution in [2.75, 3.05) is 20.1 Å². The van der Waals surface area contributed by atoms with Gasteiger partial charge >= 0.3 is 0 Å². The number of aliphatic imine (C=N–C) groups is 1. The predicted molar refractivity (Wildman–Crippen MR) is 96.0 cm³/mol. The molecule has 0 radical (unpaired) electrons. The van der Waals surface area contributed by atoms with Gasteiger partial charge in [0.1, 0.15) is 0 Å². The lowest BCUT2D eigenvalue weighted by atomic mass is 10.3. The van der Waals surface area contributed by atoms with Gasteiger partial charge in [-0.15, -0.1) is 24.0 Å². The second-order valence-corrected chi connectivity index (χ2v) is 5.60. The van der Waals surface area contributed by atoms with Crippen molar-refractivity contribution in [2.24, 2.45) is 4.99 Å². The van der Waals surface area contributed by atoms with Crippen LogP contribution in [-0.2, 0) is 6.54 Å². The number of halogens is 1. The molecule has 1 atom stereocenters. The van der Waals surface area contributed by atoms with Crippen molar-refractivity contribution in [3.63, 3.8) is 0 Å². The first-order valence-electron chi connectivity index (χ1n) is 7.46. The van der Waals surface area contributed by atoms with Gasteiger partial charge in [-0.1, -0.05) is 6.07 Å². The number of guanidine groups is 1. The van der Waals surface area contributed by atoms with Gasteiger partial charge < -0.3 is 10.6 Å². The highest BCUT2D eigenvalue weighted by molar-refractivity contribution is 14.0. The Hall–Kier alpha value is -0.890. The molecule has 6 heteroatoms. The normalized spacial score (nSPS) is 22.7. The Morgan fingerprint density at radius 3 is 2.90 bits per heavy atom. The van der Waals surface area contributed by atoms with E-state index in [1.54, 1.807) is 0 Å². The first-order valence-corrected chi connectivity index (χ1v) is 7.46. The number of hydrogen-bond donors (Lipinski definition) is 2. The topological polar surface area (TPSA) is 52.6 Å². The third kappa shape index (κ3) is 4.81. The van der Waals surface area contributed by atoms with Crippen LogP contribution in [0.2, 0.25) is 0 Å². The molecule has 1 aromatic heterocycles. The fourth-order valence-electron chi connectivity index (χ4n) is 2.74. The maximum Gasteiger partial charge on any atom is 0.191 e. The number of nitrogens with one attached hydrogen (secondary N) is 2. The minimum Gasteiger partial charge on any atom is -0.352 e. The average Bonchev–Trinajstić information content (AvgIpc) is 3.24. The second kappa shape index (κ2) is 7.93. The van der Waals surface area contributed by atoms with Crippen LogP contribution in [0.1, 0.15) is 25.0 Å². The molecule has 2 aliphatic rings. The summed E-state index contributed by atoms with van der Waals surface area (Å²) in [4.78, 5) is 11.2. The summed E-state index contributed by atoms with van der Waals surface area (Å²) in [5.74, 6) is 0.873. The van der Waals surface area contributed by atoms with E-state index in [1.165, 1.54) is 25.8 Å². The van der Waals surface area contributed by atoms with Crippen LogP contribution in [0.4, 0.5) is 0 Å². The Kier molecular flexibility index (Phi) is 6.22. The second-order valence-electron chi connectivity index (χ2n) is 5.60. The summed E-state index contributed by atoms with van der Waals surface area (Å²) in [6.45, 7) is 3.08. The Bertz CT molecular complexity index is 460. The van der Waals surface area contributed by atoms with E-state index in [9.17, 15) is 0 Å². The number of aromatic nitrogens is 1. The van der Waals surface area contributed by atoms with Crippen LogP contribution in [0.25, 0.3) is 0 Å². The Morgan fingerprint density at radius 1 is 1.38 bits per heavy atom. The number of hydrogen-bond acceptors (Lipinski definition) is 3. The van der Waals surface area contributed by atoms with Crippen molar-refractivity contribution in [3.05, 3.63) is 30.1 Å². The van der Waals surface area contributed by atoms with Gasteiger partial charge in [0.2, 0.25) is 0 Å². The van der Waals surface area contributed by atoms with Crippen molar-refractivity contribution < 1.29 is 0 Å². The molecule has 0 spiro atoms. The molecule has 1 aliphatic carbocycles. The van der Waals surface area contributed by atoms with Crippen LogP contribution in [0.5, 0.6) is 0 Å². The molecule has 0 bridgehead atoms. The largest absolute Gasteiger partial charge is 0.352 e. The van der Waals surface area contributed by atoms with Gasteiger partial charge in [-0.25, -0.2) is 0 Å². The molecule has 1 saturated heterocycles. The fourth-order valence-corrected chi connectivity index (χ4v) is 2.74. The number of likely N-dealkylation sites (tertiary alicyclic amines) is 1. The summed E-state index contributed by atoms with van der Waals surface area (Å²) in [7, 11) is 1.82. The van der Waals surface area contributed by atoms with Crippen LogP contribution in [0.15, 0.2) is 29.4 Å². The SMILES string of the molecule is CN=C(NCc1ccccn1)NC1CCN(C2CC2)C1.I. The molecule has 21 heavy (non-hydrogen) atoms. The van der Waals surface area contributed by atoms with Crippen molar-refractivity contribution in [2.45, 2.75) is 37.9 Å². The Labute approximate surface area is 143 Å².